The Hall–Kier alpha value is -0.830. The van der Waals surface area contributed by atoms with Crippen LogP contribution in [0.25, 0.3) is 0 Å². The summed E-state index contributed by atoms with van der Waals surface area (Å²) in [7, 11) is 0. The van der Waals surface area contributed by atoms with Gasteiger partial charge in [0, 0.05) is 43.4 Å². The van der Waals surface area contributed by atoms with Gasteiger partial charge in [-0.2, -0.15) is 5.10 Å². The molecule has 3 rings (SSSR count). The number of nitrogens with one attached hydrogen (secondary N) is 1. The van der Waals surface area contributed by atoms with Crippen LogP contribution in [0.15, 0.2) is 12.3 Å². The smallest absolute Gasteiger partial charge is 0.0492 e. The number of rotatable bonds is 3. The minimum absolute atomic E-state index is 0.782. The Bertz CT molecular complexity index is 335. The van der Waals surface area contributed by atoms with Gasteiger partial charge < -0.3 is 5.32 Å². The van der Waals surface area contributed by atoms with Gasteiger partial charge >= 0.3 is 0 Å². The fourth-order valence-corrected chi connectivity index (χ4v) is 2.96. The van der Waals surface area contributed by atoms with Crippen molar-refractivity contribution in [1.29, 1.82) is 0 Å². The first kappa shape index (κ1) is 10.3. The molecule has 1 aliphatic carbocycles. The second-order valence-electron chi connectivity index (χ2n) is 5.30. The van der Waals surface area contributed by atoms with Gasteiger partial charge in [-0.1, -0.05) is 19.3 Å². The molecule has 16 heavy (non-hydrogen) atoms. The van der Waals surface area contributed by atoms with Gasteiger partial charge in [-0.25, -0.2) is 0 Å². The van der Waals surface area contributed by atoms with E-state index in [1.54, 1.807) is 0 Å². The van der Waals surface area contributed by atoms with Crippen LogP contribution in [0, 0.1) is 5.92 Å². The molecule has 0 spiro atoms. The maximum absolute atomic E-state index is 4.50. The highest BCUT2D eigenvalue weighted by atomic mass is 15.3. The third-order valence-electron chi connectivity index (χ3n) is 4.07. The largest absolute Gasteiger partial charge is 0.316 e. The van der Waals surface area contributed by atoms with Crippen LogP contribution in [0.2, 0.25) is 0 Å². The van der Waals surface area contributed by atoms with E-state index in [-0.39, 0.29) is 0 Å². The Labute approximate surface area is 97.2 Å². The van der Waals surface area contributed by atoms with E-state index in [2.05, 4.69) is 21.2 Å². The molecule has 1 saturated heterocycles. The fourth-order valence-electron chi connectivity index (χ4n) is 2.96. The van der Waals surface area contributed by atoms with Crippen LogP contribution in [0.1, 0.15) is 43.7 Å². The zero-order valence-corrected chi connectivity index (χ0v) is 9.86. The molecule has 2 fully saturated rings. The number of hydrogen-bond acceptors (Lipinski definition) is 2. The van der Waals surface area contributed by atoms with E-state index in [9.17, 15) is 0 Å². The predicted octanol–water partition coefficient (Wildman–Crippen LogP) is 2.15. The molecule has 3 nitrogen and oxygen atoms in total. The van der Waals surface area contributed by atoms with Crippen molar-refractivity contribution in [2.75, 3.05) is 13.1 Å². The van der Waals surface area contributed by atoms with E-state index in [0.717, 1.165) is 18.4 Å². The molecule has 2 heterocycles. The van der Waals surface area contributed by atoms with Crippen LogP contribution in [0.5, 0.6) is 0 Å². The quantitative estimate of drug-likeness (QED) is 0.844. The summed E-state index contributed by atoms with van der Waals surface area (Å²) in [5.74, 6) is 1.59. The van der Waals surface area contributed by atoms with Crippen LogP contribution < -0.4 is 5.32 Å². The lowest BCUT2D eigenvalue weighted by atomic mass is 9.87. The molecule has 0 unspecified atom stereocenters. The van der Waals surface area contributed by atoms with Gasteiger partial charge in [0.1, 0.15) is 0 Å². The fraction of sp³-hybridized carbons (Fsp3) is 0.769. The molecule has 1 N–H and O–H groups in total. The molecule has 1 saturated carbocycles. The molecule has 0 radical (unpaired) electrons. The standard InChI is InChI=1S/C13H21N3/c1-2-4-12(5-3-1)13-6-7-15-16(13)10-11-8-14-9-11/h6-7,11-12,14H,1-5,8-10H2. The van der Waals surface area contributed by atoms with Crippen LogP contribution in [0.4, 0.5) is 0 Å². The van der Waals surface area contributed by atoms with E-state index in [1.807, 2.05) is 6.20 Å². The third-order valence-corrected chi connectivity index (χ3v) is 4.07. The molecular weight excluding hydrogens is 198 g/mol. The zero-order chi connectivity index (χ0) is 10.8. The van der Waals surface area contributed by atoms with Gasteiger partial charge in [-0.05, 0) is 18.9 Å². The lowest BCUT2D eigenvalue weighted by Gasteiger charge is -2.29. The van der Waals surface area contributed by atoms with Gasteiger partial charge in [0.15, 0.2) is 0 Å². The van der Waals surface area contributed by atoms with Gasteiger partial charge in [-0.3, -0.25) is 4.68 Å². The number of aromatic nitrogens is 2. The van der Waals surface area contributed by atoms with Crippen LogP contribution in [-0.4, -0.2) is 22.9 Å². The Balaban J connectivity index is 1.70. The average Bonchev–Trinajstić information content (AvgIpc) is 2.73. The Morgan fingerprint density at radius 1 is 1.25 bits per heavy atom. The molecule has 0 bridgehead atoms. The van der Waals surface area contributed by atoms with Crippen molar-refractivity contribution in [3.63, 3.8) is 0 Å². The molecule has 0 atom stereocenters. The second kappa shape index (κ2) is 4.58. The van der Waals surface area contributed by atoms with Crippen molar-refractivity contribution in [3.05, 3.63) is 18.0 Å². The van der Waals surface area contributed by atoms with Crippen molar-refractivity contribution in [2.24, 2.45) is 5.92 Å². The average molecular weight is 219 g/mol. The molecule has 1 aromatic heterocycles. The van der Waals surface area contributed by atoms with Crippen molar-refractivity contribution in [1.82, 2.24) is 15.1 Å². The van der Waals surface area contributed by atoms with E-state index in [4.69, 9.17) is 0 Å². The molecule has 3 heteroatoms. The summed E-state index contributed by atoms with van der Waals surface area (Å²) in [6.45, 7) is 3.46. The highest BCUT2D eigenvalue weighted by molar-refractivity contribution is 5.09. The molecule has 0 aromatic carbocycles. The molecule has 88 valence electrons. The monoisotopic (exact) mass is 219 g/mol. The lowest BCUT2D eigenvalue weighted by Crippen LogP contribution is -2.44. The second-order valence-corrected chi connectivity index (χ2v) is 5.30. The van der Waals surface area contributed by atoms with E-state index < -0.39 is 0 Å². The topological polar surface area (TPSA) is 29.9 Å². The normalized spacial score (nSPS) is 23.2. The minimum atomic E-state index is 0.782. The van der Waals surface area contributed by atoms with Crippen molar-refractivity contribution in [2.45, 2.75) is 44.6 Å². The molecule has 1 aliphatic heterocycles. The van der Waals surface area contributed by atoms with Crippen molar-refractivity contribution >= 4 is 0 Å². The predicted molar refractivity (Wildman–Crippen MR) is 64.4 cm³/mol. The highest BCUT2D eigenvalue weighted by Gasteiger charge is 2.22. The van der Waals surface area contributed by atoms with Gasteiger partial charge in [0.25, 0.3) is 0 Å². The maximum atomic E-state index is 4.50. The highest BCUT2D eigenvalue weighted by Crippen LogP contribution is 2.32. The Kier molecular flexibility index (Phi) is 2.96. The van der Waals surface area contributed by atoms with Crippen LogP contribution >= 0.6 is 0 Å². The molecule has 2 aliphatic rings. The summed E-state index contributed by atoms with van der Waals surface area (Å²) >= 11 is 0. The van der Waals surface area contributed by atoms with Crippen molar-refractivity contribution in [3.8, 4) is 0 Å². The van der Waals surface area contributed by atoms with E-state index >= 15 is 0 Å². The Morgan fingerprint density at radius 2 is 2.06 bits per heavy atom. The van der Waals surface area contributed by atoms with Crippen LogP contribution in [0.3, 0.4) is 0 Å². The lowest BCUT2D eigenvalue weighted by molar-refractivity contribution is 0.285. The third kappa shape index (κ3) is 2.01. The first-order valence-electron chi connectivity index (χ1n) is 6.66. The SMILES string of the molecule is c1cc(C2CCCCC2)n(CC2CNC2)n1. The summed E-state index contributed by atoms with van der Waals surface area (Å²) in [4.78, 5) is 0. The zero-order valence-electron chi connectivity index (χ0n) is 9.86. The van der Waals surface area contributed by atoms with Gasteiger partial charge in [0.05, 0.1) is 0 Å². The summed E-state index contributed by atoms with van der Waals surface area (Å²) in [5, 5.41) is 7.83. The van der Waals surface area contributed by atoms with Gasteiger partial charge in [-0.15, -0.1) is 0 Å². The number of hydrogen-bond donors (Lipinski definition) is 1. The summed E-state index contributed by atoms with van der Waals surface area (Å²) in [5.41, 5.74) is 1.49. The minimum Gasteiger partial charge on any atom is -0.316 e. The summed E-state index contributed by atoms with van der Waals surface area (Å²) in [6.07, 6.45) is 8.96. The molecule has 0 amide bonds. The first-order chi connectivity index (χ1) is 7.93. The van der Waals surface area contributed by atoms with Crippen LogP contribution in [-0.2, 0) is 6.54 Å². The first-order valence-corrected chi connectivity index (χ1v) is 6.66. The van der Waals surface area contributed by atoms with E-state index in [1.165, 1.54) is 50.9 Å². The van der Waals surface area contributed by atoms with Crippen molar-refractivity contribution < 1.29 is 0 Å². The summed E-state index contributed by atoms with van der Waals surface area (Å²) < 4.78 is 2.27. The maximum Gasteiger partial charge on any atom is 0.0492 e. The summed E-state index contributed by atoms with van der Waals surface area (Å²) in [6, 6.07) is 2.24. The van der Waals surface area contributed by atoms with Gasteiger partial charge in [0.2, 0.25) is 0 Å². The Morgan fingerprint density at radius 3 is 2.75 bits per heavy atom. The number of nitrogens with zero attached hydrogens (tertiary/aromatic N) is 2. The van der Waals surface area contributed by atoms with E-state index in [0.29, 0.717) is 0 Å². The molecular formula is C13H21N3. The molecule has 1 aromatic rings.